The third kappa shape index (κ3) is 3.75. The number of hydrogen-bond donors (Lipinski definition) is 1. The zero-order chi connectivity index (χ0) is 13.7. The Hall–Kier alpha value is -0.980. The molecule has 0 aromatic heterocycles. The van der Waals surface area contributed by atoms with E-state index in [4.69, 9.17) is 21.1 Å². The summed E-state index contributed by atoms with van der Waals surface area (Å²) in [5, 5.41) is 0. The number of benzene rings is 1. The zero-order valence-corrected chi connectivity index (χ0v) is 12.0. The number of nitrogens with one attached hydrogen (secondary N) is 1. The van der Waals surface area contributed by atoms with Crippen LogP contribution in [-0.4, -0.2) is 34.1 Å². The van der Waals surface area contributed by atoms with E-state index in [9.17, 15) is 8.42 Å². The van der Waals surface area contributed by atoms with E-state index in [0.29, 0.717) is 43.6 Å². The predicted molar refractivity (Wildman–Crippen MR) is 72.6 cm³/mol. The Morgan fingerprint density at radius 2 is 1.89 bits per heavy atom. The summed E-state index contributed by atoms with van der Waals surface area (Å²) in [6.07, 6.45) is 1.50. The lowest BCUT2D eigenvalue weighted by molar-refractivity contribution is 0.171. The first-order valence-electron chi connectivity index (χ1n) is 6.09. The number of hydrogen-bond acceptors (Lipinski definition) is 4. The number of alkyl halides is 1. The van der Waals surface area contributed by atoms with Crippen molar-refractivity contribution in [2.45, 2.75) is 17.7 Å². The first kappa shape index (κ1) is 14.4. The molecule has 106 valence electrons. The minimum absolute atomic E-state index is 0.183. The summed E-state index contributed by atoms with van der Waals surface area (Å²) in [7, 11) is -3.50. The summed E-state index contributed by atoms with van der Waals surface area (Å²) >= 11 is 5.54. The molecular weight excluding hydrogens is 290 g/mol. The van der Waals surface area contributed by atoms with E-state index in [1.54, 1.807) is 6.07 Å². The van der Waals surface area contributed by atoms with Gasteiger partial charge < -0.3 is 9.47 Å². The third-order valence-electron chi connectivity index (χ3n) is 2.68. The Balaban J connectivity index is 2.07. The van der Waals surface area contributed by atoms with Crippen molar-refractivity contribution in [3.63, 3.8) is 0 Å². The second-order valence-corrected chi connectivity index (χ2v) is 6.24. The Bertz CT molecular complexity index is 533. The highest BCUT2D eigenvalue weighted by Crippen LogP contribution is 2.32. The fraction of sp³-hybridized carbons (Fsp3) is 0.500. The van der Waals surface area contributed by atoms with Crippen LogP contribution < -0.4 is 14.2 Å². The summed E-state index contributed by atoms with van der Waals surface area (Å²) in [4.78, 5) is 0.183. The highest BCUT2D eigenvalue weighted by molar-refractivity contribution is 7.89. The first-order chi connectivity index (χ1) is 9.13. The summed E-state index contributed by atoms with van der Waals surface area (Å²) in [5.41, 5.74) is 0. The number of rotatable bonds is 6. The fourth-order valence-corrected chi connectivity index (χ4v) is 2.98. The van der Waals surface area contributed by atoms with Crippen LogP contribution in [-0.2, 0) is 10.0 Å². The van der Waals surface area contributed by atoms with Crippen LogP contribution in [0.2, 0.25) is 0 Å². The molecule has 1 N–H and O–H groups in total. The van der Waals surface area contributed by atoms with Crippen molar-refractivity contribution in [3.8, 4) is 11.5 Å². The molecule has 1 aliphatic rings. The molecule has 1 aliphatic heterocycles. The molecule has 7 heteroatoms. The molecule has 0 fully saturated rings. The van der Waals surface area contributed by atoms with Crippen LogP contribution >= 0.6 is 11.6 Å². The van der Waals surface area contributed by atoms with Crippen LogP contribution in [0.25, 0.3) is 0 Å². The van der Waals surface area contributed by atoms with Crippen molar-refractivity contribution in [1.82, 2.24) is 4.72 Å². The monoisotopic (exact) mass is 305 g/mol. The molecule has 0 radical (unpaired) electrons. The van der Waals surface area contributed by atoms with Crippen LogP contribution in [0.15, 0.2) is 23.1 Å². The SMILES string of the molecule is O=S(=O)(NCCCCCl)c1ccc2c(c1)OCCO2. The van der Waals surface area contributed by atoms with Crippen LogP contribution in [0, 0.1) is 0 Å². The van der Waals surface area contributed by atoms with Crippen molar-refractivity contribution >= 4 is 21.6 Å². The van der Waals surface area contributed by atoms with Crippen LogP contribution in [0.1, 0.15) is 12.8 Å². The van der Waals surface area contributed by atoms with Gasteiger partial charge in [0.1, 0.15) is 13.2 Å². The molecule has 0 atom stereocenters. The van der Waals surface area contributed by atoms with Crippen LogP contribution in [0.4, 0.5) is 0 Å². The second-order valence-electron chi connectivity index (χ2n) is 4.10. The van der Waals surface area contributed by atoms with E-state index < -0.39 is 10.0 Å². The third-order valence-corrected chi connectivity index (χ3v) is 4.40. The molecule has 0 saturated carbocycles. The smallest absolute Gasteiger partial charge is 0.240 e. The summed E-state index contributed by atoms with van der Waals surface area (Å²) in [6.45, 7) is 1.29. The topological polar surface area (TPSA) is 64.6 Å². The predicted octanol–water partition coefficient (Wildman–Crippen LogP) is 1.76. The average Bonchev–Trinajstić information content (AvgIpc) is 2.43. The average molecular weight is 306 g/mol. The molecule has 0 aliphatic carbocycles. The van der Waals surface area contributed by atoms with Gasteiger partial charge in [0.15, 0.2) is 11.5 Å². The van der Waals surface area contributed by atoms with E-state index in [0.717, 1.165) is 6.42 Å². The number of fused-ring (bicyclic) bond motifs is 1. The highest BCUT2D eigenvalue weighted by Gasteiger charge is 2.18. The fourth-order valence-electron chi connectivity index (χ4n) is 1.70. The Kier molecular flexibility index (Phi) is 4.90. The van der Waals surface area contributed by atoms with E-state index >= 15 is 0 Å². The molecule has 0 amide bonds. The van der Waals surface area contributed by atoms with Gasteiger partial charge in [-0.05, 0) is 25.0 Å². The lowest BCUT2D eigenvalue weighted by atomic mass is 10.3. The maximum atomic E-state index is 12.0. The van der Waals surface area contributed by atoms with Gasteiger partial charge in [-0.15, -0.1) is 11.6 Å². The standard InChI is InChI=1S/C12H16ClNO4S/c13-5-1-2-6-14-19(15,16)10-3-4-11-12(9-10)18-8-7-17-11/h3-4,9,14H,1-2,5-8H2. The number of unbranched alkanes of at least 4 members (excludes halogenated alkanes) is 1. The molecule has 1 heterocycles. The first-order valence-corrected chi connectivity index (χ1v) is 8.10. The Morgan fingerprint density at radius 3 is 2.63 bits per heavy atom. The molecule has 0 unspecified atom stereocenters. The lowest BCUT2D eigenvalue weighted by Crippen LogP contribution is -2.25. The number of sulfonamides is 1. The van der Waals surface area contributed by atoms with Gasteiger partial charge in [-0.1, -0.05) is 0 Å². The maximum absolute atomic E-state index is 12.0. The van der Waals surface area contributed by atoms with E-state index in [-0.39, 0.29) is 4.90 Å². The Morgan fingerprint density at radius 1 is 1.16 bits per heavy atom. The largest absolute Gasteiger partial charge is 0.486 e. The highest BCUT2D eigenvalue weighted by atomic mass is 35.5. The van der Waals surface area contributed by atoms with Gasteiger partial charge in [0.05, 0.1) is 4.90 Å². The van der Waals surface area contributed by atoms with Gasteiger partial charge in [-0.3, -0.25) is 0 Å². The molecule has 2 rings (SSSR count). The minimum Gasteiger partial charge on any atom is -0.486 e. The van der Waals surface area contributed by atoms with Crippen molar-refractivity contribution in [2.24, 2.45) is 0 Å². The van der Waals surface area contributed by atoms with E-state index in [1.165, 1.54) is 12.1 Å². The molecule has 1 aromatic carbocycles. The molecule has 1 aromatic rings. The maximum Gasteiger partial charge on any atom is 0.240 e. The lowest BCUT2D eigenvalue weighted by Gasteiger charge is -2.18. The van der Waals surface area contributed by atoms with Crippen LogP contribution in [0.5, 0.6) is 11.5 Å². The van der Waals surface area contributed by atoms with Crippen molar-refractivity contribution in [1.29, 1.82) is 0 Å². The molecule has 19 heavy (non-hydrogen) atoms. The summed E-state index contributed by atoms with van der Waals surface area (Å²) in [6, 6.07) is 4.61. The van der Waals surface area contributed by atoms with Gasteiger partial charge in [-0.25, -0.2) is 13.1 Å². The van der Waals surface area contributed by atoms with Gasteiger partial charge in [0.25, 0.3) is 0 Å². The minimum atomic E-state index is -3.50. The number of ether oxygens (including phenoxy) is 2. The quantitative estimate of drug-likeness (QED) is 0.642. The van der Waals surface area contributed by atoms with Crippen molar-refractivity contribution in [3.05, 3.63) is 18.2 Å². The second kappa shape index (κ2) is 6.45. The van der Waals surface area contributed by atoms with E-state index in [2.05, 4.69) is 4.72 Å². The molecule has 5 nitrogen and oxygen atoms in total. The van der Waals surface area contributed by atoms with E-state index in [1.807, 2.05) is 0 Å². The number of halogens is 1. The molecule has 0 saturated heterocycles. The van der Waals surface area contributed by atoms with Gasteiger partial charge >= 0.3 is 0 Å². The molecule has 0 bridgehead atoms. The van der Waals surface area contributed by atoms with Crippen molar-refractivity contribution < 1.29 is 17.9 Å². The van der Waals surface area contributed by atoms with Gasteiger partial charge in [0.2, 0.25) is 10.0 Å². The normalized spacial score (nSPS) is 14.4. The Labute approximate surface area is 117 Å². The van der Waals surface area contributed by atoms with Crippen LogP contribution in [0.3, 0.4) is 0 Å². The molecule has 0 spiro atoms. The van der Waals surface area contributed by atoms with Crippen molar-refractivity contribution in [2.75, 3.05) is 25.6 Å². The summed E-state index contributed by atoms with van der Waals surface area (Å²) < 4.78 is 37.3. The zero-order valence-electron chi connectivity index (χ0n) is 10.4. The van der Waals surface area contributed by atoms with Gasteiger partial charge in [0, 0.05) is 18.5 Å². The van der Waals surface area contributed by atoms with Gasteiger partial charge in [-0.2, -0.15) is 0 Å². The summed E-state index contributed by atoms with van der Waals surface area (Å²) in [5.74, 6) is 1.58. The molecular formula is C12H16ClNO4S.